The van der Waals surface area contributed by atoms with Crippen LogP contribution in [-0.2, 0) is 4.74 Å². The van der Waals surface area contributed by atoms with Crippen LogP contribution in [0.25, 0.3) is 0 Å². The minimum atomic E-state index is 0.140. The van der Waals surface area contributed by atoms with Crippen molar-refractivity contribution in [2.75, 3.05) is 47.4 Å². The first-order chi connectivity index (χ1) is 6.66. The van der Waals surface area contributed by atoms with E-state index in [0.29, 0.717) is 6.61 Å². The van der Waals surface area contributed by atoms with Gasteiger partial charge in [0.1, 0.15) is 0 Å². The van der Waals surface area contributed by atoms with Crippen molar-refractivity contribution in [1.82, 2.24) is 10.2 Å². The van der Waals surface area contributed by atoms with Crippen LogP contribution in [0.5, 0.6) is 0 Å². The molecule has 0 bridgehead atoms. The van der Waals surface area contributed by atoms with Gasteiger partial charge in [-0.25, -0.2) is 0 Å². The van der Waals surface area contributed by atoms with Crippen molar-refractivity contribution in [2.24, 2.45) is 0 Å². The molecule has 0 heterocycles. The summed E-state index contributed by atoms with van der Waals surface area (Å²) in [7, 11) is 5.86. The minimum absolute atomic E-state index is 0.140. The molecule has 0 aromatic carbocycles. The van der Waals surface area contributed by atoms with Crippen molar-refractivity contribution in [3.63, 3.8) is 0 Å². The normalized spacial score (nSPS) is 13.5. The highest BCUT2D eigenvalue weighted by Crippen LogP contribution is 2.00. The van der Waals surface area contributed by atoms with Crippen LogP contribution in [0.1, 0.15) is 12.8 Å². The van der Waals surface area contributed by atoms with Crippen molar-refractivity contribution in [3.05, 3.63) is 0 Å². The molecule has 86 valence electrons. The molecule has 0 amide bonds. The SMILES string of the molecule is COCC(Cl)CCNCCCN(C)C. The van der Waals surface area contributed by atoms with Gasteiger partial charge in [-0.05, 0) is 46.6 Å². The lowest BCUT2D eigenvalue weighted by Gasteiger charge is -2.11. The molecule has 0 aliphatic carbocycles. The molecule has 0 aromatic heterocycles. The fourth-order valence-electron chi connectivity index (χ4n) is 1.17. The third kappa shape index (κ3) is 10.3. The molecule has 4 heteroatoms. The predicted octanol–water partition coefficient (Wildman–Crippen LogP) is 1.17. The molecule has 0 spiro atoms. The lowest BCUT2D eigenvalue weighted by molar-refractivity contribution is 0.195. The Labute approximate surface area is 92.8 Å². The number of halogens is 1. The van der Waals surface area contributed by atoms with Crippen LogP contribution in [0.4, 0.5) is 0 Å². The lowest BCUT2D eigenvalue weighted by atomic mass is 10.3. The van der Waals surface area contributed by atoms with Gasteiger partial charge in [0.2, 0.25) is 0 Å². The van der Waals surface area contributed by atoms with Crippen molar-refractivity contribution >= 4 is 11.6 Å². The standard InChI is InChI=1S/C10H23ClN2O/c1-13(2)8-4-6-12-7-5-10(11)9-14-3/h10,12H,4-9H2,1-3H3. The Morgan fingerprint density at radius 1 is 1.36 bits per heavy atom. The highest BCUT2D eigenvalue weighted by atomic mass is 35.5. The fourth-order valence-corrected chi connectivity index (χ4v) is 1.40. The maximum atomic E-state index is 5.97. The average molecular weight is 223 g/mol. The number of hydrogen-bond acceptors (Lipinski definition) is 3. The summed E-state index contributed by atoms with van der Waals surface area (Å²) in [5.41, 5.74) is 0. The number of nitrogens with one attached hydrogen (secondary N) is 1. The number of hydrogen-bond donors (Lipinski definition) is 1. The number of rotatable bonds is 9. The van der Waals surface area contributed by atoms with Gasteiger partial charge in [0.15, 0.2) is 0 Å². The van der Waals surface area contributed by atoms with Crippen molar-refractivity contribution < 1.29 is 4.74 Å². The van der Waals surface area contributed by atoms with Crippen LogP contribution in [-0.4, -0.2) is 57.7 Å². The van der Waals surface area contributed by atoms with E-state index in [1.165, 1.54) is 6.42 Å². The second kappa shape index (κ2) is 9.71. The van der Waals surface area contributed by atoms with Crippen molar-refractivity contribution in [3.8, 4) is 0 Å². The van der Waals surface area contributed by atoms with Crippen LogP contribution >= 0.6 is 11.6 Å². The molecule has 0 aliphatic heterocycles. The van der Waals surface area contributed by atoms with Gasteiger partial charge >= 0.3 is 0 Å². The topological polar surface area (TPSA) is 24.5 Å². The molecule has 1 unspecified atom stereocenters. The second-order valence-corrected chi connectivity index (χ2v) is 4.37. The van der Waals surface area contributed by atoms with Gasteiger partial charge in [0.25, 0.3) is 0 Å². The zero-order valence-electron chi connectivity index (χ0n) is 9.55. The smallest absolute Gasteiger partial charge is 0.0626 e. The van der Waals surface area contributed by atoms with Crippen molar-refractivity contribution in [2.45, 2.75) is 18.2 Å². The summed E-state index contributed by atoms with van der Waals surface area (Å²) in [6.07, 6.45) is 2.15. The maximum absolute atomic E-state index is 5.97. The Morgan fingerprint density at radius 3 is 2.64 bits per heavy atom. The Bertz CT molecular complexity index is 123. The van der Waals surface area contributed by atoms with E-state index in [1.54, 1.807) is 7.11 Å². The largest absolute Gasteiger partial charge is 0.383 e. The quantitative estimate of drug-likeness (QED) is 0.468. The van der Waals surface area contributed by atoms with E-state index in [1.807, 2.05) is 0 Å². The monoisotopic (exact) mass is 222 g/mol. The molecule has 0 saturated heterocycles. The van der Waals surface area contributed by atoms with E-state index >= 15 is 0 Å². The van der Waals surface area contributed by atoms with E-state index in [2.05, 4.69) is 24.3 Å². The van der Waals surface area contributed by atoms with Crippen LogP contribution in [0.3, 0.4) is 0 Å². The summed E-state index contributed by atoms with van der Waals surface area (Å²) in [5.74, 6) is 0. The van der Waals surface area contributed by atoms with Gasteiger partial charge in [0, 0.05) is 7.11 Å². The summed E-state index contributed by atoms with van der Waals surface area (Å²) < 4.78 is 4.95. The third-order valence-corrected chi connectivity index (χ3v) is 2.28. The summed E-state index contributed by atoms with van der Waals surface area (Å²) in [4.78, 5) is 2.19. The first kappa shape index (κ1) is 14.2. The average Bonchev–Trinajstić information content (AvgIpc) is 2.11. The number of alkyl halides is 1. The van der Waals surface area contributed by atoms with E-state index in [4.69, 9.17) is 16.3 Å². The van der Waals surface area contributed by atoms with E-state index in [0.717, 1.165) is 26.1 Å². The molecular weight excluding hydrogens is 200 g/mol. The van der Waals surface area contributed by atoms with Gasteiger partial charge in [0.05, 0.1) is 12.0 Å². The lowest BCUT2D eigenvalue weighted by Crippen LogP contribution is -2.24. The Balaban J connectivity index is 3.05. The molecular formula is C10H23ClN2O. The first-order valence-corrected chi connectivity index (χ1v) is 5.59. The number of ether oxygens (including phenoxy) is 1. The fraction of sp³-hybridized carbons (Fsp3) is 1.00. The first-order valence-electron chi connectivity index (χ1n) is 5.15. The molecule has 0 aliphatic rings. The molecule has 0 saturated carbocycles. The highest BCUT2D eigenvalue weighted by molar-refractivity contribution is 6.20. The van der Waals surface area contributed by atoms with Crippen molar-refractivity contribution in [1.29, 1.82) is 0 Å². The predicted molar refractivity (Wildman–Crippen MR) is 62.2 cm³/mol. The highest BCUT2D eigenvalue weighted by Gasteiger charge is 2.02. The van der Waals surface area contributed by atoms with E-state index in [9.17, 15) is 0 Å². The summed E-state index contributed by atoms with van der Waals surface area (Å²) in [6, 6.07) is 0. The molecule has 1 atom stereocenters. The number of nitrogens with zero attached hydrogens (tertiary/aromatic N) is 1. The number of methoxy groups -OCH3 is 1. The molecule has 0 aromatic rings. The Kier molecular flexibility index (Phi) is 9.83. The molecule has 0 fully saturated rings. The zero-order valence-corrected chi connectivity index (χ0v) is 10.3. The van der Waals surface area contributed by atoms with Gasteiger partial charge < -0.3 is 15.0 Å². The van der Waals surface area contributed by atoms with Gasteiger partial charge in [-0.15, -0.1) is 11.6 Å². The zero-order chi connectivity index (χ0) is 10.8. The molecule has 1 N–H and O–H groups in total. The molecule has 14 heavy (non-hydrogen) atoms. The Morgan fingerprint density at radius 2 is 2.07 bits per heavy atom. The second-order valence-electron chi connectivity index (χ2n) is 3.75. The third-order valence-electron chi connectivity index (χ3n) is 1.94. The molecule has 3 nitrogen and oxygen atoms in total. The summed E-state index contributed by atoms with van der Waals surface area (Å²) in [6.45, 7) is 3.82. The summed E-state index contributed by atoms with van der Waals surface area (Å²) in [5, 5.41) is 3.50. The van der Waals surface area contributed by atoms with Crippen LogP contribution < -0.4 is 5.32 Å². The van der Waals surface area contributed by atoms with Gasteiger partial charge in [-0.2, -0.15) is 0 Å². The molecule has 0 rings (SSSR count). The van der Waals surface area contributed by atoms with E-state index < -0.39 is 0 Å². The Hall–Kier alpha value is 0.170. The maximum Gasteiger partial charge on any atom is 0.0626 e. The molecule has 0 radical (unpaired) electrons. The van der Waals surface area contributed by atoms with Crippen LogP contribution in [0.2, 0.25) is 0 Å². The van der Waals surface area contributed by atoms with Gasteiger partial charge in [-0.3, -0.25) is 0 Å². The summed E-state index contributed by atoms with van der Waals surface area (Å²) >= 11 is 5.97. The van der Waals surface area contributed by atoms with E-state index in [-0.39, 0.29) is 5.38 Å². The van der Waals surface area contributed by atoms with Crippen LogP contribution in [0, 0.1) is 0 Å². The van der Waals surface area contributed by atoms with Crippen LogP contribution in [0.15, 0.2) is 0 Å². The van der Waals surface area contributed by atoms with Gasteiger partial charge in [-0.1, -0.05) is 0 Å². The minimum Gasteiger partial charge on any atom is -0.383 e.